The first-order chi connectivity index (χ1) is 53.9. The molecule has 0 aromatic heterocycles. The van der Waals surface area contributed by atoms with E-state index in [9.17, 15) is 62.6 Å². The fourth-order valence-corrected chi connectivity index (χ4v) is 11.2. The average molecular weight is 1620 g/mol. The normalized spacial score (nSPS) is 15.8. The van der Waals surface area contributed by atoms with Crippen molar-refractivity contribution in [3.63, 3.8) is 0 Å². The first kappa shape index (κ1) is 98.2. The van der Waals surface area contributed by atoms with Crippen LogP contribution < -0.4 is 133 Å². The van der Waals surface area contributed by atoms with Crippen molar-refractivity contribution in [1.29, 1.82) is 0 Å². The minimum Gasteiger partial charge on any atom is -0.508 e. The molecule has 0 aliphatic rings. The van der Waals surface area contributed by atoms with Gasteiger partial charge in [-0.1, -0.05) is 72.8 Å². The number of benzene rings is 3. The molecule has 3 aromatic rings. The van der Waals surface area contributed by atoms with E-state index in [1.54, 1.807) is 36.4 Å². The molecule has 0 saturated heterocycles. The summed E-state index contributed by atoms with van der Waals surface area (Å²) in [5.41, 5.74) is 69.0. The largest absolute Gasteiger partial charge is 0.508 e. The molecule has 0 radical (unpaired) electrons. The SMILES string of the molecule is CN[C@@H](C)C(=O)CC(NC(=O)C(NC(=O)C(NC(C)=O)C(=O)[C@@H](N)Cc1ccccc1)C(=O)[C@@H](N)CC(N)=O)C(=O)NC(C(=O)NC(C(=O)NC(CC(=O)[C@H](C)NC)C(=O)NC(C)(C(=O)NC(C(N)=O)C(=O)[C@@H](N)CCCNC(N)N)C(=O)[C@@H](N)CCCNC(N)N)C(=O)[C@@H](N)Cc1ccc(O)cc1)C(=O)[C@@H](N)Cc1ccccc1. The molecule has 0 saturated carbocycles. The van der Waals surface area contributed by atoms with Crippen LogP contribution >= 0.6 is 0 Å². The molecule has 632 valence electrons. The molecule has 43 heteroatoms. The van der Waals surface area contributed by atoms with Crippen molar-refractivity contribution < 1.29 is 91.4 Å². The summed E-state index contributed by atoms with van der Waals surface area (Å²) in [5.74, 6) is -26.0. The van der Waals surface area contributed by atoms with Crippen LogP contribution in [-0.2, 0) is 106 Å². The lowest BCUT2D eigenvalue weighted by Crippen LogP contribution is -2.70. The zero-order valence-electron chi connectivity index (χ0n) is 64.6. The van der Waals surface area contributed by atoms with Gasteiger partial charge < -0.3 is 127 Å². The third-order valence-electron chi connectivity index (χ3n) is 18.2. The molecule has 10 amide bonds. The van der Waals surface area contributed by atoms with Gasteiger partial charge >= 0.3 is 0 Å². The predicted molar refractivity (Wildman–Crippen MR) is 414 cm³/mol. The average Bonchev–Trinajstić information content (AvgIpc) is 0.797. The molecule has 0 bridgehead atoms. The Bertz CT molecular complexity index is 3940. The van der Waals surface area contributed by atoms with Gasteiger partial charge in [-0.15, -0.1) is 0 Å². The lowest BCUT2D eigenvalue weighted by molar-refractivity contribution is -0.146. The molecule has 0 fully saturated rings. The molecule has 43 nitrogen and oxygen atoms in total. The lowest BCUT2D eigenvalue weighted by Gasteiger charge is -2.34. The zero-order valence-corrected chi connectivity index (χ0v) is 64.6. The molecule has 0 aliphatic carbocycles. The van der Waals surface area contributed by atoms with Gasteiger partial charge in [0.05, 0.1) is 48.3 Å². The Hall–Kier alpha value is -11.0. The number of aromatic hydroxyl groups is 1. The second-order valence-electron chi connectivity index (χ2n) is 27.5. The lowest BCUT2D eigenvalue weighted by atomic mass is 9.87. The van der Waals surface area contributed by atoms with E-state index in [0.29, 0.717) is 11.1 Å². The van der Waals surface area contributed by atoms with Gasteiger partial charge in [-0.3, -0.25) is 96.9 Å². The number of amides is 10. The van der Waals surface area contributed by atoms with Gasteiger partial charge in [0.1, 0.15) is 30.4 Å². The minimum atomic E-state index is -3.06. The fourth-order valence-electron chi connectivity index (χ4n) is 11.2. The van der Waals surface area contributed by atoms with Crippen molar-refractivity contribution in [2.24, 2.45) is 68.8 Å². The predicted octanol–water partition coefficient (Wildman–Crippen LogP) is -12.3. The maximum atomic E-state index is 15.4. The van der Waals surface area contributed by atoms with E-state index in [1.807, 2.05) is 16.0 Å². The van der Waals surface area contributed by atoms with Crippen LogP contribution in [0, 0.1) is 0 Å². The number of hydrogen-bond acceptors (Lipinski definition) is 33. The van der Waals surface area contributed by atoms with Gasteiger partial charge in [-0.25, -0.2) is 0 Å². The Balaban J connectivity index is 2.39. The molecular weight excluding hydrogens is 1500 g/mol. The molecule has 0 aliphatic heterocycles. The minimum absolute atomic E-state index is 0.0128. The van der Waals surface area contributed by atoms with Crippen LogP contribution in [0.1, 0.15) is 89.3 Å². The van der Waals surface area contributed by atoms with Gasteiger partial charge in [0.2, 0.25) is 29.5 Å². The Morgan fingerprint density at radius 2 is 0.748 bits per heavy atom. The highest BCUT2D eigenvalue weighted by Gasteiger charge is 2.49. The number of likely N-dealkylation sites (N-methyl/N-ethyl adjacent to an activating group) is 2. The monoisotopic (exact) mass is 1610 g/mol. The van der Waals surface area contributed by atoms with Gasteiger partial charge in [0.25, 0.3) is 29.5 Å². The Kier molecular flexibility index (Phi) is 40.6. The summed E-state index contributed by atoms with van der Waals surface area (Å²) in [5, 5.41) is 37.4. The number of phenols is 1. The van der Waals surface area contributed by atoms with Crippen molar-refractivity contribution in [3.8, 4) is 5.75 Å². The highest BCUT2D eigenvalue weighted by atomic mass is 16.3. The van der Waals surface area contributed by atoms with E-state index in [-0.39, 0.29) is 56.5 Å². The number of carbonyl (C=O) groups is 18. The number of nitrogens with one attached hydrogen (secondary N) is 12. The highest BCUT2D eigenvalue weighted by molar-refractivity contribution is 6.20. The van der Waals surface area contributed by atoms with Crippen molar-refractivity contribution in [2.75, 3.05) is 27.2 Å². The summed E-state index contributed by atoms with van der Waals surface area (Å²) >= 11 is 0. The summed E-state index contributed by atoms with van der Waals surface area (Å²) < 4.78 is 0. The van der Waals surface area contributed by atoms with Crippen LogP contribution in [0.5, 0.6) is 5.75 Å². The number of phenolic OH excluding ortho intramolecular Hbond substituents is 1. The van der Waals surface area contributed by atoms with Crippen molar-refractivity contribution in [1.82, 2.24) is 63.8 Å². The number of Topliss-reactive ketones (excluding diaryl/α,β-unsaturated/α-hetero) is 8. The molecule has 3 aromatic carbocycles. The van der Waals surface area contributed by atoms with Crippen LogP contribution in [0.3, 0.4) is 0 Å². The van der Waals surface area contributed by atoms with Gasteiger partial charge in [0, 0.05) is 26.2 Å². The smallest absolute Gasteiger partial charge is 0.254 e. The molecule has 16 atom stereocenters. The first-order valence-corrected chi connectivity index (χ1v) is 36.4. The summed E-state index contributed by atoms with van der Waals surface area (Å²) in [6.45, 7) is 4.40. The number of primary amides is 2. The van der Waals surface area contributed by atoms with Crippen LogP contribution in [0.25, 0.3) is 0 Å². The van der Waals surface area contributed by atoms with E-state index >= 15 is 28.8 Å². The number of hydrogen-bond donors (Lipinski definition) is 25. The molecule has 37 N–H and O–H groups in total. The summed E-state index contributed by atoms with van der Waals surface area (Å²) in [7, 11) is 2.62. The van der Waals surface area contributed by atoms with Crippen LogP contribution in [0.15, 0.2) is 84.9 Å². The van der Waals surface area contributed by atoms with E-state index in [1.165, 1.54) is 76.5 Å². The quantitative estimate of drug-likeness (QED) is 0.0142. The standard InChI is InChI=1S/C72H110N24O19/c1-33(85-5)48(99)31-46(90-65(111)54(60(106)45(78)30-50(79)101)93-67(113)52(89-35(3)97)57(103)42(75)27-36-15-9-7-10-16-36)63(109)92-55(59(105)43(76)28-37-17-11-8-12-18-37)68(114)94-53(58(104)44(77)29-38-21-23-39(98)24-22-38)66(112)91-47(32-49(100)34(2)86-6)64(110)96-72(4,61(107)41(74)20-14-26-88-71(83)84)69(115)95-51(62(80)108)56(102)40(73)19-13-25-87-70(81)82/h7-12,15-18,21-24,33-34,40-47,51-55,70-71,85-88,98H,13-14,19-20,25-32,73-78,81-84H2,1-6H3,(H2,79,101)(H2,80,108)(H,89,97)(H,90,111)(H,91,112)(H,92,109)(H,93,113)(H,94,114)(H,95,115)(H,96,110)/t33-,34-,40-,41-,42-,43-,44-,45-,46?,47?,51?,52?,53?,54?,55?,72?/m0/s1. The second kappa shape index (κ2) is 47.6. The van der Waals surface area contributed by atoms with Crippen molar-refractivity contribution >= 4 is 105 Å². The first-order valence-electron chi connectivity index (χ1n) is 36.4. The topological polar surface area (TPSA) is 784 Å². The van der Waals surface area contributed by atoms with Crippen LogP contribution in [-0.4, -0.2) is 246 Å². The third kappa shape index (κ3) is 31.7. The molecule has 3 rings (SSSR count). The third-order valence-corrected chi connectivity index (χ3v) is 18.2. The van der Waals surface area contributed by atoms with Gasteiger partial charge in [0.15, 0.2) is 82.0 Å². The fraction of sp³-hybridized carbons (Fsp3) is 0.500. The molecule has 115 heavy (non-hydrogen) atoms. The molecule has 0 spiro atoms. The van der Waals surface area contributed by atoms with E-state index in [4.69, 9.17) is 68.8 Å². The maximum absolute atomic E-state index is 15.4. The van der Waals surface area contributed by atoms with Crippen molar-refractivity contribution in [2.45, 2.75) is 201 Å². The summed E-state index contributed by atoms with van der Waals surface area (Å²) in [4.78, 5) is 258. The van der Waals surface area contributed by atoms with E-state index in [0.717, 1.165) is 13.8 Å². The van der Waals surface area contributed by atoms with E-state index < -0.39 is 246 Å². The van der Waals surface area contributed by atoms with Crippen LogP contribution in [0.4, 0.5) is 0 Å². The summed E-state index contributed by atoms with van der Waals surface area (Å²) in [6.07, 6.45) is -6.79. The number of nitrogens with two attached hydrogens (primary N) is 12. The molecule has 8 unspecified atom stereocenters. The highest BCUT2D eigenvalue weighted by Crippen LogP contribution is 2.18. The molecule has 0 heterocycles. The Morgan fingerprint density at radius 3 is 1.12 bits per heavy atom. The maximum Gasteiger partial charge on any atom is 0.254 e. The van der Waals surface area contributed by atoms with Gasteiger partial charge in [-0.2, -0.15) is 0 Å². The Morgan fingerprint density at radius 1 is 0.400 bits per heavy atom. The zero-order chi connectivity index (χ0) is 86.9. The van der Waals surface area contributed by atoms with Crippen molar-refractivity contribution in [3.05, 3.63) is 102 Å². The van der Waals surface area contributed by atoms with E-state index in [2.05, 4.69) is 47.9 Å². The molecular formula is C72H110N24O19. The van der Waals surface area contributed by atoms with Crippen LogP contribution in [0.2, 0.25) is 0 Å². The van der Waals surface area contributed by atoms with Gasteiger partial charge in [-0.05, 0) is 122 Å². The number of carbonyl (C=O) groups excluding carboxylic acids is 18. The number of rotatable bonds is 54. The summed E-state index contributed by atoms with van der Waals surface area (Å²) in [6, 6.07) is -9.97. The Labute approximate surface area is 662 Å². The number of ketones is 8. The second-order valence-corrected chi connectivity index (χ2v) is 27.5.